The third kappa shape index (κ3) is 1.35. The van der Waals surface area contributed by atoms with Crippen LogP contribution in [-0.4, -0.2) is 18.2 Å². The smallest absolute Gasteiger partial charge is 0.313 e. The van der Waals surface area contributed by atoms with Crippen LogP contribution < -0.4 is 0 Å². The second-order valence-electron chi connectivity index (χ2n) is 3.50. The summed E-state index contributed by atoms with van der Waals surface area (Å²) in [5.41, 5.74) is 2.05. The van der Waals surface area contributed by atoms with Gasteiger partial charge in [-0.1, -0.05) is 6.07 Å². The lowest BCUT2D eigenvalue weighted by atomic mass is 10.0. The van der Waals surface area contributed by atoms with Crippen LogP contribution in [0.5, 0.6) is 5.75 Å². The van der Waals surface area contributed by atoms with Crippen molar-refractivity contribution >= 4 is 5.97 Å². The minimum Gasteiger partial charge on any atom is -0.508 e. The van der Waals surface area contributed by atoms with E-state index in [4.69, 9.17) is 4.74 Å². The molecule has 0 heterocycles. The molecule has 1 atom stereocenters. The van der Waals surface area contributed by atoms with E-state index < -0.39 is 0 Å². The molecule has 0 aromatic heterocycles. The molecule has 0 saturated carbocycles. The van der Waals surface area contributed by atoms with E-state index in [1.165, 1.54) is 7.11 Å². The number of phenols is 1. The van der Waals surface area contributed by atoms with Crippen molar-refractivity contribution in [1.82, 2.24) is 0 Å². The molecule has 3 nitrogen and oxygen atoms in total. The van der Waals surface area contributed by atoms with E-state index in [-0.39, 0.29) is 17.6 Å². The van der Waals surface area contributed by atoms with Crippen LogP contribution >= 0.6 is 0 Å². The fraction of sp³-hybridized carbons (Fsp3) is 0.364. The van der Waals surface area contributed by atoms with Crippen molar-refractivity contribution < 1.29 is 14.6 Å². The number of carbonyl (C=O) groups excluding carboxylic acids is 1. The zero-order chi connectivity index (χ0) is 10.1. The largest absolute Gasteiger partial charge is 0.508 e. The Hall–Kier alpha value is -1.51. The van der Waals surface area contributed by atoms with Crippen molar-refractivity contribution in [1.29, 1.82) is 0 Å². The van der Waals surface area contributed by atoms with Gasteiger partial charge in [-0.25, -0.2) is 0 Å². The number of hydrogen-bond acceptors (Lipinski definition) is 3. The van der Waals surface area contributed by atoms with Crippen LogP contribution in [0.15, 0.2) is 18.2 Å². The maximum absolute atomic E-state index is 11.4. The highest BCUT2D eigenvalue weighted by Crippen LogP contribution is 2.35. The Morgan fingerprint density at radius 3 is 3.07 bits per heavy atom. The number of methoxy groups -OCH3 is 1. The summed E-state index contributed by atoms with van der Waals surface area (Å²) in [6.45, 7) is 0. The highest BCUT2D eigenvalue weighted by molar-refractivity contribution is 5.79. The predicted molar refractivity (Wildman–Crippen MR) is 51.2 cm³/mol. The van der Waals surface area contributed by atoms with E-state index >= 15 is 0 Å². The van der Waals surface area contributed by atoms with Gasteiger partial charge in [0.05, 0.1) is 13.0 Å². The zero-order valence-corrected chi connectivity index (χ0v) is 7.99. The molecule has 3 heteroatoms. The highest BCUT2D eigenvalue weighted by Gasteiger charge is 2.29. The Balaban J connectivity index is 2.35. The summed E-state index contributed by atoms with van der Waals surface area (Å²) in [7, 11) is 1.40. The topological polar surface area (TPSA) is 46.5 Å². The number of phenolic OH excluding ortho intramolecular Hbond substituents is 1. The summed E-state index contributed by atoms with van der Waals surface area (Å²) in [5.74, 6) is -0.0701. The molecule has 1 aliphatic carbocycles. The van der Waals surface area contributed by atoms with Crippen LogP contribution in [0.2, 0.25) is 0 Å². The van der Waals surface area contributed by atoms with Gasteiger partial charge in [0.25, 0.3) is 0 Å². The Bertz CT molecular complexity index is 371. The lowest BCUT2D eigenvalue weighted by Gasteiger charge is -2.08. The van der Waals surface area contributed by atoms with Gasteiger partial charge in [-0.3, -0.25) is 4.79 Å². The van der Waals surface area contributed by atoms with Gasteiger partial charge in [0.2, 0.25) is 0 Å². The van der Waals surface area contributed by atoms with Crippen LogP contribution in [0, 0.1) is 0 Å². The van der Waals surface area contributed by atoms with Crippen molar-refractivity contribution in [3.63, 3.8) is 0 Å². The van der Waals surface area contributed by atoms with Crippen LogP contribution in [0.3, 0.4) is 0 Å². The van der Waals surface area contributed by atoms with Gasteiger partial charge < -0.3 is 9.84 Å². The van der Waals surface area contributed by atoms with Crippen LogP contribution in [0.1, 0.15) is 23.5 Å². The third-order valence-electron chi connectivity index (χ3n) is 2.69. The summed E-state index contributed by atoms with van der Waals surface area (Å²) >= 11 is 0. The van der Waals surface area contributed by atoms with E-state index in [0.717, 1.165) is 24.0 Å². The summed E-state index contributed by atoms with van der Waals surface area (Å²) in [6, 6.07) is 5.14. The van der Waals surface area contributed by atoms with Crippen LogP contribution in [0.4, 0.5) is 0 Å². The Morgan fingerprint density at radius 2 is 2.36 bits per heavy atom. The number of benzene rings is 1. The van der Waals surface area contributed by atoms with Gasteiger partial charge in [0.1, 0.15) is 5.75 Å². The standard InChI is InChI=1S/C11H12O3/c1-14-11(13)10-4-2-7-6-8(12)3-5-9(7)10/h3,5-6,10,12H,2,4H2,1H3. The van der Waals surface area contributed by atoms with Gasteiger partial charge in [-0.15, -0.1) is 0 Å². The normalized spacial score (nSPS) is 19.1. The van der Waals surface area contributed by atoms with Crippen LogP contribution in [-0.2, 0) is 16.0 Å². The summed E-state index contributed by atoms with van der Waals surface area (Å²) in [6.07, 6.45) is 1.62. The molecule has 1 unspecified atom stereocenters. The fourth-order valence-corrected chi connectivity index (χ4v) is 1.99. The molecule has 1 N–H and O–H groups in total. The van der Waals surface area contributed by atoms with Gasteiger partial charge in [0, 0.05) is 0 Å². The predicted octanol–water partition coefficient (Wildman–Crippen LogP) is 1.59. The van der Waals surface area contributed by atoms with E-state index in [1.807, 2.05) is 0 Å². The molecular weight excluding hydrogens is 180 g/mol. The van der Waals surface area contributed by atoms with Crippen molar-refractivity contribution in [2.24, 2.45) is 0 Å². The number of esters is 1. The van der Waals surface area contributed by atoms with E-state index in [9.17, 15) is 9.90 Å². The maximum atomic E-state index is 11.4. The molecular formula is C11H12O3. The SMILES string of the molecule is COC(=O)C1CCc2cc(O)ccc21. The lowest BCUT2D eigenvalue weighted by molar-refractivity contribution is -0.142. The van der Waals surface area contributed by atoms with Crippen molar-refractivity contribution in [2.75, 3.05) is 7.11 Å². The second kappa shape index (κ2) is 3.33. The first-order valence-corrected chi connectivity index (χ1v) is 4.62. The van der Waals surface area contributed by atoms with E-state index in [1.54, 1.807) is 18.2 Å². The Kier molecular flexibility index (Phi) is 2.15. The average molecular weight is 192 g/mol. The molecule has 14 heavy (non-hydrogen) atoms. The maximum Gasteiger partial charge on any atom is 0.313 e. The molecule has 0 radical (unpaired) electrons. The number of hydrogen-bond donors (Lipinski definition) is 1. The molecule has 0 fully saturated rings. The number of aryl methyl sites for hydroxylation is 1. The number of carbonyl (C=O) groups is 1. The molecule has 0 spiro atoms. The highest BCUT2D eigenvalue weighted by atomic mass is 16.5. The minimum absolute atomic E-state index is 0.143. The first-order valence-electron chi connectivity index (χ1n) is 4.62. The van der Waals surface area contributed by atoms with Gasteiger partial charge >= 0.3 is 5.97 Å². The Labute approximate surface area is 82.3 Å². The lowest BCUT2D eigenvalue weighted by Crippen LogP contribution is -2.10. The molecule has 2 rings (SSSR count). The third-order valence-corrected chi connectivity index (χ3v) is 2.69. The number of aromatic hydroxyl groups is 1. The minimum atomic E-state index is -0.186. The first kappa shape index (κ1) is 9.06. The average Bonchev–Trinajstić information content (AvgIpc) is 2.59. The molecule has 1 aromatic rings. The second-order valence-corrected chi connectivity index (χ2v) is 3.50. The number of rotatable bonds is 1. The van der Waals surface area contributed by atoms with Crippen LogP contribution in [0.25, 0.3) is 0 Å². The number of ether oxygens (including phenoxy) is 1. The Morgan fingerprint density at radius 1 is 1.57 bits per heavy atom. The summed E-state index contributed by atoms with van der Waals surface area (Å²) < 4.78 is 4.72. The molecule has 0 saturated heterocycles. The monoisotopic (exact) mass is 192 g/mol. The first-order chi connectivity index (χ1) is 6.72. The van der Waals surface area contributed by atoms with Gasteiger partial charge in [-0.05, 0) is 36.1 Å². The van der Waals surface area contributed by atoms with Crippen molar-refractivity contribution in [3.05, 3.63) is 29.3 Å². The van der Waals surface area contributed by atoms with Gasteiger partial charge in [0.15, 0.2) is 0 Å². The quantitative estimate of drug-likeness (QED) is 0.687. The molecule has 1 aromatic carbocycles. The summed E-state index contributed by atoms with van der Waals surface area (Å²) in [4.78, 5) is 11.4. The zero-order valence-electron chi connectivity index (χ0n) is 7.99. The van der Waals surface area contributed by atoms with Crippen molar-refractivity contribution in [3.8, 4) is 5.75 Å². The molecule has 0 aliphatic heterocycles. The van der Waals surface area contributed by atoms with Crippen molar-refractivity contribution in [2.45, 2.75) is 18.8 Å². The van der Waals surface area contributed by atoms with E-state index in [2.05, 4.69) is 0 Å². The fourth-order valence-electron chi connectivity index (χ4n) is 1.99. The summed E-state index contributed by atoms with van der Waals surface area (Å²) in [5, 5.41) is 9.26. The number of fused-ring (bicyclic) bond motifs is 1. The molecule has 0 bridgehead atoms. The molecule has 1 aliphatic rings. The molecule has 74 valence electrons. The van der Waals surface area contributed by atoms with Gasteiger partial charge in [-0.2, -0.15) is 0 Å². The van der Waals surface area contributed by atoms with E-state index in [0.29, 0.717) is 0 Å². The molecule has 0 amide bonds.